The van der Waals surface area contributed by atoms with Crippen molar-refractivity contribution in [1.29, 1.82) is 0 Å². The third kappa shape index (κ3) is 3.44. The Morgan fingerprint density at radius 2 is 1.76 bits per heavy atom. The highest BCUT2D eigenvalue weighted by molar-refractivity contribution is 9.10. The lowest BCUT2D eigenvalue weighted by atomic mass is 10.0. The van der Waals surface area contributed by atoms with Gasteiger partial charge in [0, 0.05) is 4.47 Å². The molecule has 2 nitrogen and oxygen atoms in total. The number of hydrogen-bond acceptors (Lipinski definition) is 2. The molecular weight excluding hydrogens is 349 g/mol. The molecule has 21 heavy (non-hydrogen) atoms. The lowest BCUT2D eigenvalue weighted by Crippen LogP contribution is -2.06. The van der Waals surface area contributed by atoms with E-state index >= 15 is 0 Å². The average molecular weight is 359 g/mol. The molecule has 0 unspecified atom stereocenters. The lowest BCUT2D eigenvalue weighted by molar-refractivity contribution is -0.138. The third-order valence-corrected chi connectivity index (χ3v) is 3.58. The van der Waals surface area contributed by atoms with Gasteiger partial charge in [-0.05, 0) is 35.4 Å². The fourth-order valence-electron chi connectivity index (χ4n) is 1.87. The molecule has 0 saturated carbocycles. The van der Waals surface area contributed by atoms with Crippen LogP contribution in [0.25, 0.3) is 11.1 Å². The highest BCUT2D eigenvalue weighted by Crippen LogP contribution is 2.37. The maximum absolute atomic E-state index is 12.9. The van der Waals surface area contributed by atoms with Gasteiger partial charge in [0.15, 0.2) is 0 Å². The predicted octanol–water partition coefficient (Wildman–Crippen LogP) is 4.92. The Balaban J connectivity index is 2.50. The molecule has 110 valence electrons. The molecule has 2 rings (SSSR count). The highest BCUT2D eigenvalue weighted by Gasteiger charge is 2.33. The van der Waals surface area contributed by atoms with Gasteiger partial charge in [0.2, 0.25) is 0 Å². The number of ether oxygens (including phenoxy) is 1. The van der Waals surface area contributed by atoms with Crippen LogP contribution in [-0.2, 0) is 10.9 Å². The van der Waals surface area contributed by atoms with Gasteiger partial charge in [0.25, 0.3) is 0 Å². The van der Waals surface area contributed by atoms with Crippen molar-refractivity contribution in [3.05, 3.63) is 58.1 Å². The Bertz CT molecular complexity index is 681. The standard InChI is InChI=1S/C15H10BrF3O2/c1-21-14(20)11-4-2-3-9(7-11)10-5-6-13(16)12(8-10)15(17,18)19/h2-8H,1H3. The van der Waals surface area contributed by atoms with Crippen molar-refractivity contribution < 1.29 is 22.7 Å². The van der Waals surface area contributed by atoms with E-state index in [1.807, 2.05) is 0 Å². The zero-order valence-corrected chi connectivity index (χ0v) is 12.5. The maximum atomic E-state index is 12.9. The van der Waals surface area contributed by atoms with Crippen LogP contribution in [0.2, 0.25) is 0 Å². The molecule has 0 atom stereocenters. The monoisotopic (exact) mass is 358 g/mol. The molecule has 0 spiro atoms. The van der Waals surface area contributed by atoms with E-state index in [2.05, 4.69) is 20.7 Å². The fourth-order valence-corrected chi connectivity index (χ4v) is 2.34. The smallest absolute Gasteiger partial charge is 0.417 e. The van der Waals surface area contributed by atoms with E-state index in [9.17, 15) is 18.0 Å². The largest absolute Gasteiger partial charge is 0.465 e. The van der Waals surface area contributed by atoms with E-state index < -0.39 is 17.7 Å². The van der Waals surface area contributed by atoms with Crippen molar-refractivity contribution in [2.24, 2.45) is 0 Å². The van der Waals surface area contributed by atoms with Crippen LogP contribution in [-0.4, -0.2) is 13.1 Å². The van der Waals surface area contributed by atoms with Gasteiger partial charge >= 0.3 is 12.1 Å². The van der Waals surface area contributed by atoms with Crippen LogP contribution in [0, 0.1) is 0 Å². The minimum absolute atomic E-state index is 0.0251. The normalized spacial score (nSPS) is 11.3. The minimum atomic E-state index is -4.45. The predicted molar refractivity (Wildman–Crippen MR) is 75.9 cm³/mol. The van der Waals surface area contributed by atoms with Crippen molar-refractivity contribution >= 4 is 21.9 Å². The molecular formula is C15H10BrF3O2. The molecule has 6 heteroatoms. The number of esters is 1. The summed E-state index contributed by atoms with van der Waals surface area (Å²) in [4.78, 5) is 11.5. The molecule has 2 aromatic carbocycles. The summed E-state index contributed by atoms with van der Waals surface area (Å²) in [5.41, 5.74) is 0.405. The van der Waals surface area contributed by atoms with Crippen LogP contribution in [0.4, 0.5) is 13.2 Å². The molecule has 0 N–H and O–H groups in total. The topological polar surface area (TPSA) is 26.3 Å². The van der Waals surface area contributed by atoms with Gasteiger partial charge < -0.3 is 4.74 Å². The number of benzene rings is 2. The zero-order valence-electron chi connectivity index (χ0n) is 10.9. The second-order valence-corrected chi connectivity index (χ2v) is 5.12. The molecule has 0 aliphatic rings. The van der Waals surface area contributed by atoms with E-state index in [1.165, 1.54) is 19.2 Å². The third-order valence-electron chi connectivity index (χ3n) is 2.89. The van der Waals surface area contributed by atoms with Crippen LogP contribution in [0.1, 0.15) is 15.9 Å². The number of hydrogen-bond donors (Lipinski definition) is 0. The van der Waals surface area contributed by atoms with Crippen LogP contribution in [0.5, 0.6) is 0 Å². The summed E-state index contributed by atoms with van der Waals surface area (Å²) >= 11 is 2.89. The molecule has 0 heterocycles. The van der Waals surface area contributed by atoms with E-state index in [-0.39, 0.29) is 10.0 Å². The SMILES string of the molecule is COC(=O)c1cccc(-c2ccc(Br)c(C(F)(F)F)c2)c1. The molecule has 0 bridgehead atoms. The Labute approximate surface area is 127 Å². The maximum Gasteiger partial charge on any atom is 0.417 e. The van der Waals surface area contributed by atoms with Gasteiger partial charge in [0.05, 0.1) is 18.2 Å². The first-order valence-corrected chi connectivity index (χ1v) is 6.67. The first-order valence-electron chi connectivity index (χ1n) is 5.88. The number of alkyl halides is 3. The summed E-state index contributed by atoms with van der Waals surface area (Å²) in [5.74, 6) is -0.537. The molecule has 0 aliphatic heterocycles. The molecule has 0 aromatic heterocycles. The number of carbonyl (C=O) groups excluding carboxylic acids is 1. The van der Waals surface area contributed by atoms with E-state index in [1.54, 1.807) is 24.3 Å². The minimum Gasteiger partial charge on any atom is -0.465 e. The zero-order chi connectivity index (χ0) is 15.6. The number of halogens is 4. The Morgan fingerprint density at radius 1 is 1.10 bits per heavy atom. The lowest BCUT2D eigenvalue weighted by Gasteiger charge is -2.11. The van der Waals surface area contributed by atoms with E-state index in [4.69, 9.17) is 0 Å². The highest BCUT2D eigenvalue weighted by atomic mass is 79.9. The fraction of sp³-hybridized carbons (Fsp3) is 0.133. The number of methoxy groups -OCH3 is 1. The van der Waals surface area contributed by atoms with Crippen LogP contribution in [0.15, 0.2) is 46.9 Å². The summed E-state index contributed by atoms with van der Waals surface area (Å²) in [6.45, 7) is 0. The van der Waals surface area contributed by atoms with E-state index in [0.717, 1.165) is 6.07 Å². The van der Waals surface area contributed by atoms with Crippen LogP contribution < -0.4 is 0 Å². The van der Waals surface area contributed by atoms with Gasteiger partial charge in [0.1, 0.15) is 0 Å². The molecule has 0 radical (unpaired) electrons. The van der Waals surface area contributed by atoms with Crippen molar-refractivity contribution in [3.8, 4) is 11.1 Å². The van der Waals surface area contributed by atoms with Crippen molar-refractivity contribution in [1.82, 2.24) is 0 Å². The van der Waals surface area contributed by atoms with Crippen LogP contribution >= 0.6 is 15.9 Å². The Morgan fingerprint density at radius 3 is 2.38 bits per heavy atom. The number of rotatable bonds is 2. The van der Waals surface area contributed by atoms with Crippen LogP contribution in [0.3, 0.4) is 0 Å². The quantitative estimate of drug-likeness (QED) is 0.712. The summed E-state index contributed by atoms with van der Waals surface area (Å²) in [5, 5.41) is 0. The van der Waals surface area contributed by atoms with Crippen molar-refractivity contribution in [3.63, 3.8) is 0 Å². The summed E-state index contributed by atoms with van der Waals surface area (Å²) in [7, 11) is 1.25. The Hall–Kier alpha value is -1.82. The van der Waals surface area contributed by atoms with Gasteiger partial charge in [-0.3, -0.25) is 0 Å². The van der Waals surface area contributed by atoms with Gasteiger partial charge in [-0.2, -0.15) is 13.2 Å². The van der Waals surface area contributed by atoms with Gasteiger partial charge in [-0.15, -0.1) is 0 Å². The second-order valence-electron chi connectivity index (χ2n) is 4.26. The van der Waals surface area contributed by atoms with Gasteiger partial charge in [-0.1, -0.05) is 34.1 Å². The number of carbonyl (C=O) groups is 1. The molecule has 0 saturated heterocycles. The van der Waals surface area contributed by atoms with Crippen molar-refractivity contribution in [2.75, 3.05) is 7.11 Å². The molecule has 0 aliphatic carbocycles. The average Bonchev–Trinajstić information content (AvgIpc) is 2.46. The second kappa shape index (κ2) is 5.89. The first-order chi connectivity index (χ1) is 9.82. The molecule has 0 fully saturated rings. The summed E-state index contributed by atoms with van der Waals surface area (Å²) in [6.07, 6.45) is -4.45. The van der Waals surface area contributed by atoms with Gasteiger partial charge in [-0.25, -0.2) is 4.79 Å². The first kappa shape index (κ1) is 15.6. The molecule has 0 amide bonds. The molecule has 2 aromatic rings. The Kier molecular flexibility index (Phi) is 4.37. The summed E-state index contributed by atoms with van der Waals surface area (Å²) < 4.78 is 43.3. The van der Waals surface area contributed by atoms with E-state index in [0.29, 0.717) is 11.1 Å². The van der Waals surface area contributed by atoms with Crippen molar-refractivity contribution in [2.45, 2.75) is 6.18 Å². The summed E-state index contributed by atoms with van der Waals surface area (Å²) in [6, 6.07) is 10.2.